The van der Waals surface area contributed by atoms with Crippen LogP contribution in [0.4, 0.5) is 11.6 Å². The summed E-state index contributed by atoms with van der Waals surface area (Å²) in [6, 6.07) is 12.1. The Morgan fingerprint density at radius 1 is 1.13 bits per heavy atom. The molecule has 2 aromatic heterocycles. The highest BCUT2D eigenvalue weighted by Crippen LogP contribution is 2.23. The number of hydrogen-bond donors (Lipinski definition) is 3. The first-order valence-electron chi connectivity index (χ1n) is 7.73. The minimum atomic E-state index is -0.105. The van der Waals surface area contributed by atoms with E-state index in [4.69, 9.17) is 0 Å². The number of nitrogens with one attached hydrogen (secondary N) is 3. The summed E-state index contributed by atoms with van der Waals surface area (Å²) in [5, 5.41) is 15.2. The Hall–Kier alpha value is -2.89. The van der Waals surface area contributed by atoms with Crippen molar-refractivity contribution >= 4 is 28.4 Å². The van der Waals surface area contributed by atoms with Crippen molar-refractivity contribution in [3.05, 3.63) is 48.2 Å². The van der Waals surface area contributed by atoms with Gasteiger partial charge < -0.3 is 15.6 Å². The van der Waals surface area contributed by atoms with Gasteiger partial charge in [-0.25, -0.2) is 0 Å². The van der Waals surface area contributed by atoms with Crippen molar-refractivity contribution in [3.8, 4) is 0 Å². The van der Waals surface area contributed by atoms with E-state index < -0.39 is 0 Å². The molecule has 6 nitrogen and oxygen atoms in total. The SMILES string of the molecule is O=C(Cc1c[nH]c2ccccc12)Nc1ccc(NC2CC2)nn1. The van der Waals surface area contributed by atoms with Gasteiger partial charge in [-0.2, -0.15) is 0 Å². The fourth-order valence-corrected chi connectivity index (χ4v) is 2.55. The molecule has 3 aromatic rings. The van der Waals surface area contributed by atoms with Crippen molar-refractivity contribution in [3.63, 3.8) is 0 Å². The number of benzene rings is 1. The minimum Gasteiger partial charge on any atom is -0.366 e. The van der Waals surface area contributed by atoms with Gasteiger partial charge in [-0.05, 0) is 36.6 Å². The maximum absolute atomic E-state index is 12.2. The number of nitrogens with zero attached hydrogens (tertiary/aromatic N) is 2. The second-order valence-corrected chi connectivity index (χ2v) is 5.81. The molecule has 1 aliphatic carbocycles. The molecule has 0 unspecified atom stereocenters. The number of fused-ring (bicyclic) bond motifs is 1. The van der Waals surface area contributed by atoms with Crippen LogP contribution in [0.15, 0.2) is 42.6 Å². The molecule has 1 aromatic carbocycles. The van der Waals surface area contributed by atoms with Crippen molar-refractivity contribution in [1.82, 2.24) is 15.2 Å². The smallest absolute Gasteiger partial charge is 0.230 e. The van der Waals surface area contributed by atoms with Crippen LogP contribution in [0.1, 0.15) is 18.4 Å². The maximum atomic E-state index is 12.2. The summed E-state index contributed by atoms with van der Waals surface area (Å²) in [5.41, 5.74) is 2.00. The molecular weight excluding hydrogens is 290 g/mol. The van der Waals surface area contributed by atoms with Crippen LogP contribution in [-0.4, -0.2) is 27.1 Å². The lowest BCUT2D eigenvalue weighted by Gasteiger charge is -2.05. The third-order valence-corrected chi connectivity index (χ3v) is 3.89. The third kappa shape index (κ3) is 3.15. The Kier molecular flexibility index (Phi) is 3.42. The first-order valence-corrected chi connectivity index (χ1v) is 7.73. The lowest BCUT2D eigenvalue weighted by atomic mass is 10.1. The highest BCUT2D eigenvalue weighted by Gasteiger charge is 2.21. The minimum absolute atomic E-state index is 0.105. The second kappa shape index (κ2) is 5.72. The molecule has 1 amide bonds. The maximum Gasteiger partial charge on any atom is 0.230 e. The van der Waals surface area contributed by atoms with Crippen molar-refractivity contribution in [2.75, 3.05) is 10.6 Å². The molecule has 1 saturated carbocycles. The van der Waals surface area contributed by atoms with E-state index in [-0.39, 0.29) is 5.91 Å². The zero-order valence-corrected chi connectivity index (χ0v) is 12.5. The molecule has 0 saturated heterocycles. The van der Waals surface area contributed by atoms with Gasteiger partial charge in [0.05, 0.1) is 6.42 Å². The molecule has 2 heterocycles. The van der Waals surface area contributed by atoms with Gasteiger partial charge in [0.2, 0.25) is 5.91 Å². The quantitative estimate of drug-likeness (QED) is 0.677. The van der Waals surface area contributed by atoms with E-state index in [1.165, 1.54) is 12.8 Å². The molecule has 0 radical (unpaired) electrons. The summed E-state index contributed by atoms with van der Waals surface area (Å²) in [6.45, 7) is 0. The van der Waals surface area contributed by atoms with Gasteiger partial charge in [0.1, 0.15) is 5.82 Å². The second-order valence-electron chi connectivity index (χ2n) is 5.81. The largest absolute Gasteiger partial charge is 0.366 e. The zero-order valence-electron chi connectivity index (χ0n) is 12.5. The number of aromatic nitrogens is 3. The predicted octanol–water partition coefficient (Wildman–Crippen LogP) is 2.71. The first kappa shape index (κ1) is 13.8. The molecule has 0 spiro atoms. The highest BCUT2D eigenvalue weighted by molar-refractivity contribution is 5.95. The van der Waals surface area contributed by atoms with Gasteiger partial charge in [0.25, 0.3) is 0 Å². The van der Waals surface area contributed by atoms with Crippen molar-refractivity contribution in [2.45, 2.75) is 25.3 Å². The number of rotatable bonds is 5. The Morgan fingerprint density at radius 2 is 1.91 bits per heavy atom. The Bertz CT molecular complexity index is 836. The first-order chi connectivity index (χ1) is 11.3. The molecule has 1 fully saturated rings. The van der Waals surface area contributed by atoms with Crippen LogP contribution in [0.5, 0.6) is 0 Å². The lowest BCUT2D eigenvalue weighted by Crippen LogP contribution is -2.16. The number of para-hydroxylation sites is 1. The van der Waals surface area contributed by atoms with Crippen LogP contribution in [0, 0.1) is 0 Å². The summed E-state index contributed by atoms with van der Waals surface area (Å²) in [5.74, 6) is 1.12. The lowest BCUT2D eigenvalue weighted by molar-refractivity contribution is -0.115. The number of hydrogen-bond acceptors (Lipinski definition) is 4. The van der Waals surface area contributed by atoms with Crippen LogP contribution < -0.4 is 10.6 Å². The molecular formula is C17H17N5O. The predicted molar refractivity (Wildman–Crippen MR) is 89.3 cm³/mol. The average Bonchev–Trinajstić information content (AvgIpc) is 3.29. The molecule has 4 rings (SSSR count). The van der Waals surface area contributed by atoms with Crippen LogP contribution >= 0.6 is 0 Å². The Morgan fingerprint density at radius 3 is 2.70 bits per heavy atom. The number of anilines is 2. The van der Waals surface area contributed by atoms with E-state index in [9.17, 15) is 4.79 Å². The fourth-order valence-electron chi connectivity index (χ4n) is 2.55. The number of aromatic amines is 1. The van der Waals surface area contributed by atoms with Gasteiger partial charge in [-0.1, -0.05) is 18.2 Å². The topological polar surface area (TPSA) is 82.7 Å². The van der Waals surface area contributed by atoms with Crippen LogP contribution in [0.2, 0.25) is 0 Å². The van der Waals surface area contributed by atoms with E-state index in [1.54, 1.807) is 6.07 Å². The Labute approximate surface area is 133 Å². The van der Waals surface area contributed by atoms with Crippen LogP contribution in [0.3, 0.4) is 0 Å². The summed E-state index contributed by atoms with van der Waals surface area (Å²) >= 11 is 0. The molecule has 0 atom stereocenters. The van der Waals surface area contributed by atoms with Gasteiger partial charge in [0.15, 0.2) is 5.82 Å². The summed E-state index contributed by atoms with van der Waals surface area (Å²) < 4.78 is 0. The number of H-pyrrole nitrogens is 1. The molecule has 23 heavy (non-hydrogen) atoms. The molecule has 0 aliphatic heterocycles. The number of carbonyl (C=O) groups excluding carboxylic acids is 1. The number of carbonyl (C=O) groups is 1. The molecule has 1 aliphatic rings. The van der Waals surface area contributed by atoms with E-state index in [0.717, 1.165) is 22.3 Å². The Balaban J connectivity index is 1.41. The molecule has 6 heteroatoms. The molecule has 116 valence electrons. The van der Waals surface area contributed by atoms with E-state index in [2.05, 4.69) is 25.8 Å². The summed E-state index contributed by atoms with van der Waals surface area (Å²) in [6.07, 6.45) is 4.54. The fraction of sp³-hybridized carbons (Fsp3) is 0.235. The standard InChI is InChI=1S/C17H17N5O/c23-17(9-11-10-18-14-4-2-1-3-13(11)14)20-16-8-7-15(21-22-16)19-12-5-6-12/h1-4,7-8,10,12,18H,5-6,9H2,(H,19,21)(H,20,22,23). The van der Waals surface area contributed by atoms with E-state index in [1.807, 2.05) is 36.5 Å². The van der Waals surface area contributed by atoms with Gasteiger partial charge >= 0.3 is 0 Å². The molecule has 0 bridgehead atoms. The normalized spacial score (nSPS) is 13.9. The molecule has 3 N–H and O–H groups in total. The van der Waals surface area contributed by atoms with Crippen molar-refractivity contribution in [1.29, 1.82) is 0 Å². The number of amides is 1. The van der Waals surface area contributed by atoms with Crippen LogP contribution in [-0.2, 0) is 11.2 Å². The zero-order chi connectivity index (χ0) is 15.6. The average molecular weight is 307 g/mol. The van der Waals surface area contributed by atoms with E-state index in [0.29, 0.717) is 18.3 Å². The van der Waals surface area contributed by atoms with Crippen LogP contribution in [0.25, 0.3) is 10.9 Å². The van der Waals surface area contributed by atoms with Crippen molar-refractivity contribution in [2.24, 2.45) is 0 Å². The van der Waals surface area contributed by atoms with Gasteiger partial charge in [-0.3, -0.25) is 4.79 Å². The van der Waals surface area contributed by atoms with Gasteiger partial charge in [-0.15, -0.1) is 10.2 Å². The highest BCUT2D eigenvalue weighted by atomic mass is 16.1. The third-order valence-electron chi connectivity index (χ3n) is 3.89. The summed E-state index contributed by atoms with van der Waals surface area (Å²) in [7, 11) is 0. The van der Waals surface area contributed by atoms with Gasteiger partial charge in [0, 0.05) is 23.1 Å². The monoisotopic (exact) mass is 307 g/mol. The van der Waals surface area contributed by atoms with Crippen molar-refractivity contribution < 1.29 is 4.79 Å². The van der Waals surface area contributed by atoms with E-state index >= 15 is 0 Å². The summed E-state index contributed by atoms with van der Waals surface area (Å²) in [4.78, 5) is 15.4.